The molecule has 1 aliphatic carbocycles. The number of amides is 1. The van der Waals surface area contributed by atoms with Crippen LogP contribution in [0.15, 0.2) is 42.5 Å². The topological polar surface area (TPSA) is 47.6 Å². The van der Waals surface area contributed by atoms with Crippen LogP contribution in [0.5, 0.6) is 11.5 Å². The van der Waals surface area contributed by atoms with E-state index in [1.54, 1.807) is 7.11 Å². The van der Waals surface area contributed by atoms with Crippen molar-refractivity contribution in [3.63, 3.8) is 0 Å². The highest BCUT2D eigenvalue weighted by Gasteiger charge is 2.30. The van der Waals surface area contributed by atoms with Crippen molar-refractivity contribution in [2.75, 3.05) is 13.7 Å². The highest BCUT2D eigenvalue weighted by Crippen LogP contribution is 2.37. The van der Waals surface area contributed by atoms with Crippen molar-refractivity contribution in [3.8, 4) is 11.5 Å². The Kier molecular flexibility index (Phi) is 6.08. The monoisotopic (exact) mass is 393 g/mol. The molecule has 1 saturated carbocycles. The predicted octanol–water partition coefficient (Wildman–Crippen LogP) is 4.79. The summed E-state index contributed by atoms with van der Waals surface area (Å²) in [5.41, 5.74) is 3.72. The number of piperidine rings is 1. The average Bonchev–Trinajstić information content (AvgIpc) is 3.24. The van der Waals surface area contributed by atoms with Crippen LogP contribution in [0, 0.1) is 12.8 Å². The zero-order valence-electron chi connectivity index (χ0n) is 17.4. The van der Waals surface area contributed by atoms with E-state index in [-0.39, 0.29) is 11.8 Å². The van der Waals surface area contributed by atoms with Gasteiger partial charge in [0.15, 0.2) is 11.5 Å². The number of ether oxygens (including phenoxy) is 2. The fourth-order valence-electron chi connectivity index (χ4n) is 4.66. The first-order valence-corrected chi connectivity index (χ1v) is 10.8. The van der Waals surface area contributed by atoms with Crippen molar-refractivity contribution in [1.29, 1.82) is 0 Å². The SMILES string of the molecule is COc1ccc([C@H]2CNC(=O)[C@@H](Cc3ccccc3C)C2)cc1OC1CCCC1. The predicted molar refractivity (Wildman–Crippen MR) is 115 cm³/mol. The van der Waals surface area contributed by atoms with Gasteiger partial charge in [0, 0.05) is 18.4 Å². The smallest absolute Gasteiger partial charge is 0.223 e. The van der Waals surface area contributed by atoms with Gasteiger partial charge in [-0.2, -0.15) is 0 Å². The molecule has 2 atom stereocenters. The number of hydrogen-bond donors (Lipinski definition) is 1. The fraction of sp³-hybridized carbons (Fsp3) is 0.480. The number of carbonyl (C=O) groups is 1. The Morgan fingerprint density at radius 3 is 2.62 bits per heavy atom. The summed E-state index contributed by atoms with van der Waals surface area (Å²) in [6, 6.07) is 14.6. The van der Waals surface area contributed by atoms with Gasteiger partial charge < -0.3 is 14.8 Å². The van der Waals surface area contributed by atoms with Crippen molar-refractivity contribution < 1.29 is 14.3 Å². The second-order valence-electron chi connectivity index (χ2n) is 8.44. The van der Waals surface area contributed by atoms with Gasteiger partial charge in [-0.1, -0.05) is 30.3 Å². The molecule has 0 unspecified atom stereocenters. The molecule has 1 aliphatic heterocycles. The molecule has 1 amide bonds. The second kappa shape index (κ2) is 8.89. The van der Waals surface area contributed by atoms with Gasteiger partial charge in [-0.25, -0.2) is 0 Å². The molecule has 0 spiro atoms. The van der Waals surface area contributed by atoms with E-state index in [2.05, 4.69) is 42.6 Å². The molecule has 1 heterocycles. The molecule has 29 heavy (non-hydrogen) atoms. The number of methoxy groups -OCH3 is 1. The van der Waals surface area contributed by atoms with Gasteiger partial charge in [0.2, 0.25) is 5.91 Å². The summed E-state index contributed by atoms with van der Waals surface area (Å²) < 4.78 is 11.8. The van der Waals surface area contributed by atoms with E-state index in [9.17, 15) is 4.79 Å². The second-order valence-corrected chi connectivity index (χ2v) is 8.44. The maximum absolute atomic E-state index is 12.5. The molecule has 0 bridgehead atoms. The normalized spacial score (nSPS) is 22.3. The molecule has 4 heteroatoms. The molecular weight excluding hydrogens is 362 g/mol. The van der Waals surface area contributed by atoms with E-state index in [1.807, 2.05) is 12.1 Å². The maximum atomic E-state index is 12.5. The Hall–Kier alpha value is -2.49. The molecule has 0 radical (unpaired) electrons. The van der Waals surface area contributed by atoms with Gasteiger partial charge in [0.25, 0.3) is 0 Å². The first-order valence-electron chi connectivity index (χ1n) is 10.8. The van der Waals surface area contributed by atoms with Crippen LogP contribution in [0.1, 0.15) is 54.7 Å². The van der Waals surface area contributed by atoms with Crippen molar-refractivity contribution in [2.45, 2.75) is 57.5 Å². The average molecular weight is 394 g/mol. The standard InChI is InChI=1S/C25H31NO3/c1-17-7-3-4-8-18(17)13-20-14-21(16-26-25(20)27)19-11-12-23(28-2)24(15-19)29-22-9-5-6-10-22/h3-4,7-8,11-12,15,20-22H,5-6,9-10,13-14,16H2,1-2H3,(H,26,27)/t20-,21+/m0/s1. The Morgan fingerprint density at radius 2 is 1.86 bits per heavy atom. The van der Waals surface area contributed by atoms with Crippen LogP contribution >= 0.6 is 0 Å². The third-order valence-corrected chi connectivity index (χ3v) is 6.45. The van der Waals surface area contributed by atoms with Crippen LogP contribution in [-0.4, -0.2) is 25.7 Å². The molecule has 2 aliphatic rings. The molecule has 4 nitrogen and oxygen atoms in total. The van der Waals surface area contributed by atoms with E-state index < -0.39 is 0 Å². The molecular formula is C25H31NO3. The molecule has 0 aromatic heterocycles. The van der Waals surface area contributed by atoms with Gasteiger partial charge in [-0.05, 0) is 74.3 Å². The Bertz CT molecular complexity index is 857. The highest BCUT2D eigenvalue weighted by molar-refractivity contribution is 5.80. The summed E-state index contributed by atoms with van der Waals surface area (Å²) in [5.74, 6) is 2.08. The summed E-state index contributed by atoms with van der Waals surface area (Å²) in [7, 11) is 1.69. The number of rotatable bonds is 6. The first-order chi connectivity index (χ1) is 14.1. The summed E-state index contributed by atoms with van der Waals surface area (Å²) >= 11 is 0. The van der Waals surface area contributed by atoms with Gasteiger partial charge in [0.1, 0.15) is 0 Å². The zero-order valence-corrected chi connectivity index (χ0v) is 17.4. The van der Waals surface area contributed by atoms with Crippen LogP contribution in [-0.2, 0) is 11.2 Å². The quantitative estimate of drug-likeness (QED) is 0.768. The lowest BCUT2D eigenvalue weighted by Crippen LogP contribution is -2.41. The van der Waals surface area contributed by atoms with Crippen molar-refractivity contribution in [3.05, 3.63) is 59.2 Å². The molecule has 2 aromatic carbocycles. The Balaban J connectivity index is 1.51. The van der Waals surface area contributed by atoms with Gasteiger partial charge in [-0.3, -0.25) is 4.79 Å². The third kappa shape index (κ3) is 4.58. The Morgan fingerprint density at radius 1 is 1.07 bits per heavy atom. The third-order valence-electron chi connectivity index (χ3n) is 6.45. The number of hydrogen-bond acceptors (Lipinski definition) is 3. The Labute approximate surface area is 173 Å². The molecule has 4 rings (SSSR count). The van der Waals surface area contributed by atoms with Crippen LogP contribution in [0.25, 0.3) is 0 Å². The van der Waals surface area contributed by atoms with E-state index in [0.29, 0.717) is 18.6 Å². The lowest BCUT2D eigenvalue weighted by Gasteiger charge is -2.30. The summed E-state index contributed by atoms with van der Waals surface area (Å²) in [6.07, 6.45) is 6.64. The van der Waals surface area contributed by atoms with Crippen LogP contribution < -0.4 is 14.8 Å². The zero-order chi connectivity index (χ0) is 20.2. The fourth-order valence-corrected chi connectivity index (χ4v) is 4.66. The van der Waals surface area contributed by atoms with Crippen LogP contribution in [0.4, 0.5) is 0 Å². The van der Waals surface area contributed by atoms with Gasteiger partial charge in [0.05, 0.1) is 13.2 Å². The van der Waals surface area contributed by atoms with Gasteiger partial charge >= 0.3 is 0 Å². The highest BCUT2D eigenvalue weighted by atomic mass is 16.5. The minimum atomic E-state index is -0.00356. The number of benzene rings is 2. The largest absolute Gasteiger partial charge is 0.493 e. The van der Waals surface area contributed by atoms with Crippen LogP contribution in [0.2, 0.25) is 0 Å². The number of carbonyl (C=O) groups excluding carboxylic acids is 1. The molecule has 2 fully saturated rings. The molecule has 154 valence electrons. The number of nitrogens with one attached hydrogen (secondary N) is 1. The van der Waals surface area contributed by atoms with Gasteiger partial charge in [-0.15, -0.1) is 0 Å². The minimum Gasteiger partial charge on any atom is -0.493 e. The first kappa shape index (κ1) is 19.8. The van der Waals surface area contributed by atoms with E-state index in [0.717, 1.165) is 37.2 Å². The van der Waals surface area contributed by atoms with E-state index in [1.165, 1.54) is 29.5 Å². The lowest BCUT2D eigenvalue weighted by atomic mass is 9.81. The lowest BCUT2D eigenvalue weighted by molar-refractivity contribution is -0.126. The summed E-state index contributed by atoms with van der Waals surface area (Å²) in [6.45, 7) is 2.79. The minimum absolute atomic E-state index is 0.00356. The molecule has 2 aromatic rings. The van der Waals surface area contributed by atoms with E-state index in [4.69, 9.17) is 9.47 Å². The van der Waals surface area contributed by atoms with Crippen LogP contribution in [0.3, 0.4) is 0 Å². The summed E-state index contributed by atoms with van der Waals surface area (Å²) in [4.78, 5) is 12.5. The maximum Gasteiger partial charge on any atom is 0.223 e. The van der Waals surface area contributed by atoms with Crippen molar-refractivity contribution in [2.24, 2.45) is 5.92 Å². The number of aryl methyl sites for hydroxylation is 1. The van der Waals surface area contributed by atoms with Crippen molar-refractivity contribution in [1.82, 2.24) is 5.32 Å². The molecule has 1 N–H and O–H groups in total. The van der Waals surface area contributed by atoms with E-state index >= 15 is 0 Å². The van der Waals surface area contributed by atoms with Crippen molar-refractivity contribution >= 4 is 5.91 Å². The molecule has 1 saturated heterocycles. The summed E-state index contributed by atoms with van der Waals surface area (Å²) in [5, 5.41) is 3.13.